The van der Waals surface area contributed by atoms with Gasteiger partial charge in [0, 0.05) is 0 Å². The summed E-state index contributed by atoms with van der Waals surface area (Å²) in [5.74, 6) is 1.75. The highest BCUT2D eigenvalue weighted by Crippen LogP contribution is 2.35. The lowest BCUT2D eigenvalue weighted by atomic mass is 10.1. The molecule has 0 saturated heterocycles. The zero-order chi connectivity index (χ0) is 13.5. The van der Waals surface area contributed by atoms with E-state index in [9.17, 15) is 4.79 Å². The average molecular weight is 278 g/mol. The Morgan fingerprint density at radius 2 is 2.00 bits per heavy atom. The van der Waals surface area contributed by atoms with Gasteiger partial charge < -0.3 is 4.74 Å². The topological polar surface area (TPSA) is 26.3 Å². The second-order valence-corrected chi connectivity index (χ2v) is 6.16. The minimum Gasteiger partial charge on any atom is -0.465 e. The molecule has 2 rings (SSSR count). The number of esters is 1. The first-order valence-corrected chi connectivity index (χ1v) is 8.19. The third-order valence-electron chi connectivity index (χ3n) is 3.58. The number of carbonyl (C=O) groups is 1. The van der Waals surface area contributed by atoms with Crippen molar-refractivity contribution in [3.05, 3.63) is 35.9 Å². The number of thioether (sulfide) groups is 1. The summed E-state index contributed by atoms with van der Waals surface area (Å²) in [6, 6.07) is 9.98. The molecule has 2 nitrogen and oxygen atoms in total. The number of benzene rings is 1. The van der Waals surface area contributed by atoms with E-state index >= 15 is 0 Å². The van der Waals surface area contributed by atoms with E-state index in [1.165, 1.54) is 25.7 Å². The number of hydrogen-bond acceptors (Lipinski definition) is 3. The van der Waals surface area contributed by atoms with Crippen LogP contribution in [0.2, 0.25) is 0 Å². The molecule has 0 aromatic heterocycles. The van der Waals surface area contributed by atoms with E-state index < -0.39 is 0 Å². The molecule has 1 saturated carbocycles. The number of carbonyl (C=O) groups excluding carboxylic acids is 1. The third-order valence-corrected chi connectivity index (χ3v) is 5.04. The summed E-state index contributed by atoms with van der Waals surface area (Å²) in [6.45, 7) is 2.31. The fraction of sp³-hybridized carbons (Fsp3) is 0.562. The fourth-order valence-corrected chi connectivity index (χ4v) is 3.91. The molecule has 1 unspecified atom stereocenters. The van der Waals surface area contributed by atoms with Crippen molar-refractivity contribution in [1.82, 2.24) is 0 Å². The minimum atomic E-state index is -0.165. The number of ether oxygens (including phenoxy) is 1. The Labute approximate surface area is 119 Å². The lowest BCUT2D eigenvalue weighted by Crippen LogP contribution is -2.15. The molecule has 104 valence electrons. The Morgan fingerprint density at radius 3 is 2.63 bits per heavy atom. The first kappa shape index (κ1) is 14.4. The normalized spacial score (nSPS) is 17.3. The van der Waals surface area contributed by atoms with E-state index in [1.54, 1.807) is 11.8 Å². The van der Waals surface area contributed by atoms with Crippen molar-refractivity contribution in [3.8, 4) is 0 Å². The molecule has 1 aromatic carbocycles. The van der Waals surface area contributed by atoms with Crippen molar-refractivity contribution in [3.63, 3.8) is 0 Å². The van der Waals surface area contributed by atoms with Gasteiger partial charge in [-0.05, 0) is 37.0 Å². The van der Waals surface area contributed by atoms with Crippen molar-refractivity contribution >= 4 is 17.7 Å². The molecule has 0 N–H and O–H groups in total. The first-order chi connectivity index (χ1) is 9.31. The van der Waals surface area contributed by atoms with Crippen LogP contribution in [0.25, 0.3) is 0 Å². The van der Waals surface area contributed by atoms with Crippen LogP contribution in [0.3, 0.4) is 0 Å². The van der Waals surface area contributed by atoms with Crippen molar-refractivity contribution in [2.75, 3.05) is 12.4 Å². The van der Waals surface area contributed by atoms with E-state index in [1.807, 2.05) is 37.3 Å². The summed E-state index contributed by atoms with van der Waals surface area (Å²) in [5.41, 5.74) is 1.06. The highest BCUT2D eigenvalue weighted by molar-refractivity contribution is 8.00. The van der Waals surface area contributed by atoms with E-state index in [0.717, 1.165) is 17.2 Å². The van der Waals surface area contributed by atoms with Crippen LogP contribution >= 0.6 is 11.8 Å². The van der Waals surface area contributed by atoms with Gasteiger partial charge in [-0.2, -0.15) is 0 Å². The van der Waals surface area contributed by atoms with Crippen LogP contribution in [0, 0.1) is 5.92 Å². The number of rotatable bonds is 6. The van der Waals surface area contributed by atoms with Crippen LogP contribution in [-0.2, 0) is 9.53 Å². The zero-order valence-corrected chi connectivity index (χ0v) is 12.3. The van der Waals surface area contributed by atoms with E-state index in [2.05, 4.69) is 0 Å². The zero-order valence-electron chi connectivity index (χ0n) is 11.5. The van der Waals surface area contributed by atoms with Gasteiger partial charge in [0.25, 0.3) is 0 Å². The maximum atomic E-state index is 12.1. The van der Waals surface area contributed by atoms with Gasteiger partial charge in [0.2, 0.25) is 0 Å². The van der Waals surface area contributed by atoms with Crippen LogP contribution in [-0.4, -0.2) is 18.3 Å². The Balaban J connectivity index is 1.99. The molecule has 19 heavy (non-hydrogen) atoms. The highest BCUT2D eigenvalue weighted by Gasteiger charge is 2.24. The molecule has 0 aliphatic heterocycles. The van der Waals surface area contributed by atoms with Gasteiger partial charge in [-0.25, -0.2) is 0 Å². The van der Waals surface area contributed by atoms with E-state index in [0.29, 0.717) is 6.61 Å². The summed E-state index contributed by atoms with van der Waals surface area (Å²) in [5, 5.41) is -0.165. The van der Waals surface area contributed by atoms with Crippen molar-refractivity contribution in [1.29, 1.82) is 0 Å². The molecule has 1 aromatic rings. The molecular formula is C16H22O2S. The maximum absolute atomic E-state index is 12.1. The average Bonchev–Trinajstić information content (AvgIpc) is 2.94. The SMILES string of the molecule is CCOC(=O)C(SCC1CCCC1)c1ccccc1. The molecule has 1 atom stereocenters. The molecule has 3 heteroatoms. The predicted molar refractivity (Wildman–Crippen MR) is 80.2 cm³/mol. The summed E-state index contributed by atoms with van der Waals surface area (Å²) < 4.78 is 5.21. The fourth-order valence-electron chi connectivity index (χ4n) is 2.56. The van der Waals surface area contributed by atoms with Crippen LogP contribution in [0.4, 0.5) is 0 Å². The first-order valence-electron chi connectivity index (χ1n) is 7.14. The largest absolute Gasteiger partial charge is 0.465 e. The Bertz CT molecular complexity index is 385. The van der Waals surface area contributed by atoms with Gasteiger partial charge in [-0.15, -0.1) is 11.8 Å². The maximum Gasteiger partial charge on any atom is 0.323 e. The molecular weight excluding hydrogens is 256 g/mol. The second-order valence-electron chi connectivity index (χ2n) is 5.03. The Kier molecular flexibility index (Phi) is 5.77. The van der Waals surface area contributed by atoms with E-state index in [4.69, 9.17) is 4.74 Å². The van der Waals surface area contributed by atoms with Crippen LogP contribution in [0.5, 0.6) is 0 Å². The van der Waals surface area contributed by atoms with Crippen LogP contribution in [0.15, 0.2) is 30.3 Å². The standard InChI is InChI=1S/C16H22O2S/c1-2-18-16(17)15(14-10-4-3-5-11-14)19-12-13-8-6-7-9-13/h3-5,10-11,13,15H,2,6-9,12H2,1H3. The summed E-state index contributed by atoms with van der Waals surface area (Å²) in [6.07, 6.45) is 5.33. The molecule has 0 bridgehead atoms. The molecule has 0 spiro atoms. The molecule has 1 aliphatic rings. The predicted octanol–water partition coefficient (Wildman–Crippen LogP) is 4.21. The molecule has 0 heterocycles. The van der Waals surface area contributed by atoms with Crippen molar-refractivity contribution < 1.29 is 9.53 Å². The summed E-state index contributed by atoms with van der Waals surface area (Å²) in [7, 11) is 0. The van der Waals surface area contributed by atoms with Gasteiger partial charge in [0.15, 0.2) is 0 Å². The number of hydrogen-bond donors (Lipinski definition) is 0. The van der Waals surface area contributed by atoms with Gasteiger partial charge in [0.05, 0.1) is 6.61 Å². The van der Waals surface area contributed by atoms with Gasteiger partial charge >= 0.3 is 5.97 Å². The minimum absolute atomic E-state index is 0.100. The van der Waals surface area contributed by atoms with Crippen LogP contribution in [0.1, 0.15) is 43.4 Å². The Morgan fingerprint density at radius 1 is 1.32 bits per heavy atom. The Hall–Kier alpha value is -0.960. The lowest BCUT2D eigenvalue weighted by molar-refractivity contribution is -0.142. The summed E-state index contributed by atoms with van der Waals surface area (Å²) >= 11 is 1.75. The summed E-state index contributed by atoms with van der Waals surface area (Å²) in [4.78, 5) is 12.1. The van der Waals surface area contributed by atoms with Gasteiger partial charge in [0.1, 0.15) is 5.25 Å². The molecule has 0 radical (unpaired) electrons. The van der Waals surface area contributed by atoms with Crippen molar-refractivity contribution in [2.24, 2.45) is 5.92 Å². The van der Waals surface area contributed by atoms with E-state index in [-0.39, 0.29) is 11.2 Å². The molecule has 1 aliphatic carbocycles. The quantitative estimate of drug-likeness (QED) is 0.729. The highest BCUT2D eigenvalue weighted by atomic mass is 32.2. The smallest absolute Gasteiger partial charge is 0.323 e. The molecule has 0 amide bonds. The van der Waals surface area contributed by atoms with Crippen molar-refractivity contribution in [2.45, 2.75) is 37.9 Å². The van der Waals surface area contributed by atoms with Crippen LogP contribution < -0.4 is 0 Å². The second kappa shape index (κ2) is 7.59. The monoisotopic (exact) mass is 278 g/mol. The van der Waals surface area contributed by atoms with Gasteiger partial charge in [-0.1, -0.05) is 43.2 Å². The molecule has 1 fully saturated rings. The lowest BCUT2D eigenvalue weighted by Gasteiger charge is -2.17. The third kappa shape index (κ3) is 4.27. The van der Waals surface area contributed by atoms with Gasteiger partial charge in [-0.3, -0.25) is 4.79 Å².